The predicted molar refractivity (Wildman–Crippen MR) is 135 cm³/mol. The zero-order chi connectivity index (χ0) is 22.6. The van der Waals surface area contributed by atoms with Gasteiger partial charge in [0.05, 0.1) is 5.91 Å². The van der Waals surface area contributed by atoms with Crippen molar-refractivity contribution in [3.05, 3.63) is 89.2 Å². The molecule has 0 heterocycles. The van der Waals surface area contributed by atoms with Crippen LogP contribution in [0.5, 0.6) is 0 Å². The minimum atomic E-state index is -0.352. The van der Waals surface area contributed by atoms with Crippen molar-refractivity contribution >= 4 is 25.8 Å². The fraction of sp³-hybridized carbons (Fsp3) is 0.393. The number of benzene rings is 2. The molecule has 4 heteroatoms. The standard InChI is InChI=1S/C12H11Si.C9H13.C7H13NO.Ti/c1-3-7-11(8-4-1)13-12-9-5-2-6-10-12;1-6-5-7(2)9(4)8(6)3;8-7(9)6-4-2-1-3-5-6;/h1-10,13H;6H,1-4H3;6H,1-5H2,(H2,8,9);/q;-1;;+2/p-1. The summed E-state index contributed by atoms with van der Waals surface area (Å²) in [6, 6.07) is 21.3. The average molecular weight is 479 g/mol. The molecule has 2 aliphatic carbocycles. The van der Waals surface area contributed by atoms with Crippen LogP contribution in [0, 0.1) is 17.9 Å². The monoisotopic (exact) mass is 478 g/mol. The molecule has 167 valence electrons. The quantitative estimate of drug-likeness (QED) is 0.398. The van der Waals surface area contributed by atoms with E-state index < -0.39 is 0 Å². The molecule has 0 spiro atoms. The van der Waals surface area contributed by atoms with Gasteiger partial charge in [0.15, 0.2) is 0 Å². The first-order valence-corrected chi connectivity index (χ1v) is 12.5. The van der Waals surface area contributed by atoms with E-state index in [4.69, 9.17) is 5.73 Å². The Hall–Kier alpha value is -1.68. The van der Waals surface area contributed by atoms with E-state index in [-0.39, 0.29) is 43.1 Å². The minimum absolute atomic E-state index is 0. The van der Waals surface area contributed by atoms with Crippen LogP contribution in [0.4, 0.5) is 0 Å². The van der Waals surface area contributed by atoms with E-state index in [9.17, 15) is 4.79 Å². The molecule has 2 nitrogen and oxygen atoms in total. The SMILES string of the molecule is CC1=[C-]C(C)C(C)=C1C.[NH-]C(=O)C1CCCCC1.[Ti+2].c1ccc([SiH]c2ccccc2)cc1. The maximum absolute atomic E-state index is 10.5. The van der Waals surface area contributed by atoms with Gasteiger partial charge < -0.3 is 10.5 Å². The van der Waals surface area contributed by atoms with Crippen LogP contribution in [0.15, 0.2) is 77.4 Å². The fourth-order valence-corrected chi connectivity index (χ4v) is 5.03. The average Bonchev–Trinajstić information content (AvgIpc) is 3.02. The number of nitrogens with one attached hydrogen (secondary N) is 1. The molecule has 0 saturated heterocycles. The van der Waals surface area contributed by atoms with Gasteiger partial charge in [0.25, 0.3) is 0 Å². The Balaban J connectivity index is 0.000000243. The van der Waals surface area contributed by atoms with Crippen LogP contribution in [0.3, 0.4) is 0 Å². The maximum Gasteiger partial charge on any atom is 2.00 e. The molecule has 2 aromatic carbocycles. The van der Waals surface area contributed by atoms with Crippen LogP contribution in [0.25, 0.3) is 5.73 Å². The summed E-state index contributed by atoms with van der Waals surface area (Å²) in [5.74, 6) is 0.290. The molecule has 2 aliphatic rings. The van der Waals surface area contributed by atoms with Gasteiger partial charge in [-0.1, -0.05) is 117 Å². The molecule has 4 rings (SSSR count). The number of carbonyl (C=O) groups excluding carboxylic acids is 1. The summed E-state index contributed by atoms with van der Waals surface area (Å²) in [5, 5.41) is 2.90. The van der Waals surface area contributed by atoms with Crippen molar-refractivity contribution < 1.29 is 26.5 Å². The first-order chi connectivity index (χ1) is 14.9. The molecule has 0 bridgehead atoms. The Morgan fingerprint density at radius 2 is 1.34 bits per heavy atom. The van der Waals surface area contributed by atoms with Crippen molar-refractivity contribution in [2.45, 2.75) is 59.8 Å². The van der Waals surface area contributed by atoms with Crippen LogP contribution < -0.4 is 10.4 Å². The van der Waals surface area contributed by atoms with Crippen LogP contribution in [-0.2, 0) is 26.5 Å². The number of amides is 1. The van der Waals surface area contributed by atoms with Crippen molar-refractivity contribution in [1.29, 1.82) is 0 Å². The van der Waals surface area contributed by atoms with Gasteiger partial charge in [-0.2, -0.15) is 11.1 Å². The molecule has 1 saturated carbocycles. The van der Waals surface area contributed by atoms with E-state index in [0.717, 1.165) is 25.7 Å². The van der Waals surface area contributed by atoms with Gasteiger partial charge in [-0.3, -0.25) is 6.08 Å². The summed E-state index contributed by atoms with van der Waals surface area (Å²) < 4.78 is 0. The van der Waals surface area contributed by atoms with E-state index in [1.54, 1.807) is 0 Å². The van der Waals surface area contributed by atoms with E-state index in [2.05, 4.69) is 94.4 Å². The van der Waals surface area contributed by atoms with Crippen LogP contribution in [0.1, 0.15) is 59.8 Å². The number of rotatable bonds is 3. The molecule has 1 fully saturated rings. The molecule has 0 aliphatic heterocycles. The topological polar surface area (TPSA) is 40.9 Å². The van der Waals surface area contributed by atoms with Gasteiger partial charge >= 0.3 is 21.7 Å². The van der Waals surface area contributed by atoms with E-state index in [1.165, 1.54) is 33.5 Å². The third-order valence-corrected chi connectivity index (χ3v) is 7.58. The largest absolute Gasteiger partial charge is 2.00 e. The summed E-state index contributed by atoms with van der Waals surface area (Å²) in [7, 11) is 0.271. The van der Waals surface area contributed by atoms with Crippen molar-refractivity contribution in [3.63, 3.8) is 0 Å². The smallest absolute Gasteiger partial charge is 0.668 e. The van der Waals surface area contributed by atoms with Gasteiger partial charge in [0, 0.05) is 5.92 Å². The molecule has 32 heavy (non-hydrogen) atoms. The zero-order valence-corrected chi connectivity index (χ0v) is 22.7. The van der Waals surface area contributed by atoms with Crippen LogP contribution in [0.2, 0.25) is 0 Å². The number of hydrogen-bond acceptors (Lipinski definition) is 1. The first-order valence-electron chi connectivity index (χ1n) is 11.4. The van der Waals surface area contributed by atoms with Crippen molar-refractivity contribution in [3.8, 4) is 0 Å². The van der Waals surface area contributed by atoms with Gasteiger partial charge in [-0.05, 0) is 12.8 Å². The molecular weight excluding hydrogens is 442 g/mol. The molecular formula is C28H36NOSiTi. The molecule has 1 radical (unpaired) electrons. The third kappa shape index (κ3) is 9.85. The normalized spacial score (nSPS) is 17.8. The van der Waals surface area contributed by atoms with Crippen LogP contribution in [-0.4, -0.2) is 15.4 Å². The van der Waals surface area contributed by atoms with Gasteiger partial charge in [0.2, 0.25) is 0 Å². The molecule has 2 aromatic rings. The summed E-state index contributed by atoms with van der Waals surface area (Å²) in [6.07, 6.45) is 8.83. The summed E-state index contributed by atoms with van der Waals surface area (Å²) in [6.45, 7) is 8.67. The minimum Gasteiger partial charge on any atom is -0.668 e. The maximum atomic E-state index is 10.5. The summed E-state index contributed by atoms with van der Waals surface area (Å²) >= 11 is 0. The number of hydrogen-bond donors (Lipinski definition) is 0. The molecule has 1 unspecified atom stereocenters. The van der Waals surface area contributed by atoms with Crippen LogP contribution >= 0.6 is 0 Å². The van der Waals surface area contributed by atoms with Gasteiger partial charge in [-0.25, -0.2) is 5.57 Å². The predicted octanol–water partition coefficient (Wildman–Crippen LogP) is 5.94. The second-order valence-electron chi connectivity index (χ2n) is 8.46. The Labute approximate surface area is 212 Å². The summed E-state index contributed by atoms with van der Waals surface area (Å²) in [5.41, 5.74) is 11.1. The number of carbonyl (C=O) groups is 1. The third-order valence-electron chi connectivity index (χ3n) is 6.14. The Morgan fingerprint density at radius 3 is 1.62 bits per heavy atom. The van der Waals surface area contributed by atoms with Gasteiger partial charge in [0.1, 0.15) is 9.52 Å². The second kappa shape index (κ2) is 15.2. The Morgan fingerprint density at radius 1 is 0.875 bits per heavy atom. The second-order valence-corrected chi connectivity index (χ2v) is 10.1. The van der Waals surface area contributed by atoms with Crippen molar-refractivity contribution in [1.82, 2.24) is 0 Å². The Bertz CT molecular complexity index is 833. The fourth-order valence-electron chi connectivity index (χ4n) is 3.82. The Kier molecular flexibility index (Phi) is 13.5. The number of allylic oxidation sites excluding steroid dienone is 4. The summed E-state index contributed by atoms with van der Waals surface area (Å²) in [4.78, 5) is 10.5. The molecule has 1 atom stereocenters. The first kappa shape index (κ1) is 28.4. The zero-order valence-electron chi connectivity index (χ0n) is 19.9. The molecule has 1 amide bonds. The van der Waals surface area contributed by atoms with E-state index in [0.29, 0.717) is 5.92 Å². The van der Waals surface area contributed by atoms with Crippen molar-refractivity contribution in [2.75, 3.05) is 0 Å². The van der Waals surface area contributed by atoms with E-state index >= 15 is 0 Å². The van der Waals surface area contributed by atoms with Crippen molar-refractivity contribution in [2.24, 2.45) is 11.8 Å². The molecule has 1 N–H and O–H groups in total. The van der Waals surface area contributed by atoms with Gasteiger partial charge in [-0.15, -0.1) is 6.92 Å². The van der Waals surface area contributed by atoms with E-state index in [1.807, 2.05) is 0 Å². The molecule has 0 aromatic heterocycles.